The fourth-order valence-electron chi connectivity index (χ4n) is 1.97. The van der Waals surface area contributed by atoms with E-state index < -0.39 is 0 Å². The third-order valence-corrected chi connectivity index (χ3v) is 3.22. The predicted molar refractivity (Wildman–Crippen MR) is 72.3 cm³/mol. The Balaban J connectivity index is 2.39. The quantitative estimate of drug-likeness (QED) is 0.887. The molecular weight excluding hydrogens is 250 g/mol. The lowest BCUT2D eigenvalue weighted by atomic mass is 9.92. The Morgan fingerprint density at radius 2 is 2.06 bits per heavy atom. The fourth-order valence-corrected chi connectivity index (χ4v) is 2.13. The van der Waals surface area contributed by atoms with Crippen LogP contribution in [0.3, 0.4) is 0 Å². The summed E-state index contributed by atoms with van der Waals surface area (Å²) in [6.45, 7) is 6.04. The van der Waals surface area contributed by atoms with E-state index in [2.05, 4.69) is 4.98 Å². The van der Waals surface area contributed by atoms with Crippen LogP contribution in [0.4, 0.5) is 0 Å². The van der Waals surface area contributed by atoms with Crippen molar-refractivity contribution in [1.29, 1.82) is 0 Å². The molecule has 2 rings (SSSR count). The first-order valence-corrected chi connectivity index (χ1v) is 6.46. The van der Waals surface area contributed by atoms with Gasteiger partial charge in [-0.05, 0) is 18.9 Å². The molecule has 0 unspecified atom stereocenters. The number of halogens is 1. The van der Waals surface area contributed by atoms with Crippen molar-refractivity contribution >= 4 is 17.2 Å². The molecule has 1 N–H and O–H groups in total. The molecule has 1 aromatic rings. The van der Waals surface area contributed by atoms with Crippen LogP contribution in [0.15, 0.2) is 21.6 Å². The monoisotopic (exact) mass is 267 g/mol. The number of allylic oxidation sites excluding steroid dienone is 4. The van der Waals surface area contributed by atoms with Gasteiger partial charge in [0, 0.05) is 16.0 Å². The number of nitrogens with zero attached hydrogens (tertiary/aromatic N) is 1. The molecule has 1 aromatic heterocycles. The number of aromatic nitrogens is 1. The van der Waals surface area contributed by atoms with Crippen molar-refractivity contribution < 1.29 is 9.52 Å². The van der Waals surface area contributed by atoms with Crippen molar-refractivity contribution in [2.45, 2.75) is 45.6 Å². The Kier molecular flexibility index (Phi) is 3.64. The maximum absolute atomic E-state index is 9.36. The van der Waals surface area contributed by atoms with Crippen LogP contribution in [0.1, 0.15) is 51.0 Å². The van der Waals surface area contributed by atoms with Gasteiger partial charge >= 0.3 is 0 Å². The maximum Gasteiger partial charge on any atom is 0.222 e. The summed E-state index contributed by atoms with van der Waals surface area (Å²) in [5.74, 6) is 1.35. The maximum atomic E-state index is 9.36. The minimum atomic E-state index is -0.161. The van der Waals surface area contributed by atoms with Crippen LogP contribution >= 0.6 is 11.6 Å². The van der Waals surface area contributed by atoms with E-state index in [0.717, 1.165) is 29.2 Å². The van der Waals surface area contributed by atoms with Gasteiger partial charge in [-0.1, -0.05) is 38.4 Å². The lowest BCUT2D eigenvalue weighted by molar-refractivity contribution is 0.269. The molecule has 0 amide bonds. The summed E-state index contributed by atoms with van der Waals surface area (Å²) < 4.78 is 5.83. The highest BCUT2D eigenvalue weighted by Gasteiger charge is 2.26. The molecule has 3 nitrogen and oxygen atoms in total. The van der Waals surface area contributed by atoms with Gasteiger partial charge in [0.25, 0.3) is 0 Å². The summed E-state index contributed by atoms with van der Waals surface area (Å²) in [4.78, 5) is 4.39. The van der Waals surface area contributed by atoms with E-state index in [9.17, 15) is 5.11 Å². The predicted octanol–water partition coefficient (Wildman–Crippen LogP) is 3.76. The average molecular weight is 268 g/mol. The SMILES string of the molecule is CC(C)(C)c1oc(C2=CC=C(Cl)CC2)nc1CO. The topological polar surface area (TPSA) is 46.3 Å². The molecule has 0 bridgehead atoms. The smallest absolute Gasteiger partial charge is 0.222 e. The first-order chi connectivity index (χ1) is 8.41. The molecule has 0 atom stereocenters. The van der Waals surface area contributed by atoms with E-state index in [4.69, 9.17) is 16.0 Å². The Morgan fingerprint density at radius 3 is 2.50 bits per heavy atom. The summed E-state index contributed by atoms with van der Waals surface area (Å²) in [6.07, 6.45) is 5.45. The summed E-state index contributed by atoms with van der Waals surface area (Å²) in [5.41, 5.74) is 1.50. The van der Waals surface area contributed by atoms with Gasteiger partial charge in [0.05, 0.1) is 6.61 Å². The second-order valence-electron chi connectivity index (χ2n) is 5.51. The first-order valence-electron chi connectivity index (χ1n) is 6.08. The lowest BCUT2D eigenvalue weighted by Gasteiger charge is -2.15. The largest absolute Gasteiger partial charge is 0.441 e. The van der Waals surface area contributed by atoms with Crippen molar-refractivity contribution in [3.8, 4) is 0 Å². The number of aliphatic hydroxyl groups excluding tert-OH is 1. The van der Waals surface area contributed by atoms with Gasteiger partial charge in [0.2, 0.25) is 5.89 Å². The molecule has 1 heterocycles. The Bertz CT molecular complexity index is 506. The van der Waals surface area contributed by atoms with E-state index in [1.807, 2.05) is 32.9 Å². The number of rotatable bonds is 2. The molecular formula is C14H18ClNO2. The van der Waals surface area contributed by atoms with Crippen LogP contribution in [-0.4, -0.2) is 10.1 Å². The average Bonchev–Trinajstić information content (AvgIpc) is 2.73. The highest BCUT2D eigenvalue weighted by atomic mass is 35.5. The summed E-state index contributed by atoms with van der Waals surface area (Å²) in [7, 11) is 0. The lowest BCUT2D eigenvalue weighted by Crippen LogP contribution is -2.12. The molecule has 1 aliphatic carbocycles. The van der Waals surface area contributed by atoms with Crippen molar-refractivity contribution in [3.63, 3.8) is 0 Å². The van der Waals surface area contributed by atoms with Crippen LogP contribution in [-0.2, 0) is 12.0 Å². The molecule has 0 aliphatic heterocycles. The Morgan fingerprint density at radius 1 is 1.33 bits per heavy atom. The van der Waals surface area contributed by atoms with Crippen LogP contribution in [0.2, 0.25) is 0 Å². The standard InChI is InChI=1S/C14H18ClNO2/c1-14(2,3)12-11(8-17)16-13(18-12)9-4-6-10(15)7-5-9/h4,6,17H,5,7-8H2,1-3H3. The van der Waals surface area contributed by atoms with Gasteiger partial charge in [-0.25, -0.2) is 4.98 Å². The number of hydrogen-bond donors (Lipinski definition) is 1. The Hall–Kier alpha value is -1.06. The summed E-state index contributed by atoms with van der Waals surface area (Å²) in [5, 5.41) is 10.2. The third kappa shape index (κ3) is 2.68. The zero-order chi connectivity index (χ0) is 13.3. The molecule has 0 aromatic carbocycles. The minimum absolute atomic E-state index is 0.0972. The van der Waals surface area contributed by atoms with E-state index in [-0.39, 0.29) is 12.0 Å². The van der Waals surface area contributed by atoms with Gasteiger partial charge in [0.15, 0.2) is 0 Å². The van der Waals surface area contributed by atoms with E-state index in [1.54, 1.807) is 0 Å². The van der Waals surface area contributed by atoms with Gasteiger partial charge in [-0.15, -0.1) is 0 Å². The molecule has 0 spiro atoms. The van der Waals surface area contributed by atoms with Crippen LogP contribution < -0.4 is 0 Å². The van der Waals surface area contributed by atoms with Crippen LogP contribution in [0, 0.1) is 0 Å². The van der Waals surface area contributed by atoms with Gasteiger partial charge in [-0.2, -0.15) is 0 Å². The van der Waals surface area contributed by atoms with Gasteiger partial charge in [0.1, 0.15) is 11.5 Å². The molecule has 0 radical (unpaired) electrons. The Labute approximate surface area is 112 Å². The fraction of sp³-hybridized carbons (Fsp3) is 0.500. The minimum Gasteiger partial charge on any atom is -0.441 e. The van der Waals surface area contributed by atoms with Gasteiger partial charge < -0.3 is 9.52 Å². The van der Waals surface area contributed by atoms with E-state index in [1.165, 1.54) is 0 Å². The van der Waals surface area contributed by atoms with Gasteiger partial charge in [-0.3, -0.25) is 0 Å². The first kappa shape index (κ1) is 13.4. The van der Waals surface area contributed by atoms with Crippen LogP contribution in [0.25, 0.3) is 5.57 Å². The zero-order valence-corrected chi connectivity index (χ0v) is 11.7. The van der Waals surface area contributed by atoms with Crippen molar-refractivity contribution in [2.75, 3.05) is 0 Å². The molecule has 0 saturated heterocycles. The van der Waals surface area contributed by atoms with E-state index in [0.29, 0.717) is 11.6 Å². The van der Waals surface area contributed by atoms with Crippen molar-refractivity contribution in [3.05, 3.63) is 34.5 Å². The molecule has 0 fully saturated rings. The van der Waals surface area contributed by atoms with E-state index >= 15 is 0 Å². The summed E-state index contributed by atoms with van der Waals surface area (Å²) >= 11 is 5.93. The zero-order valence-electron chi connectivity index (χ0n) is 11.0. The number of aliphatic hydroxyl groups is 1. The molecule has 4 heteroatoms. The highest BCUT2D eigenvalue weighted by Crippen LogP contribution is 2.33. The van der Waals surface area contributed by atoms with Crippen molar-refractivity contribution in [1.82, 2.24) is 4.98 Å². The molecule has 1 aliphatic rings. The second-order valence-corrected chi connectivity index (χ2v) is 5.99. The molecule has 18 heavy (non-hydrogen) atoms. The number of hydrogen-bond acceptors (Lipinski definition) is 3. The molecule has 0 saturated carbocycles. The third-order valence-electron chi connectivity index (χ3n) is 2.90. The van der Waals surface area contributed by atoms with Crippen molar-refractivity contribution in [2.24, 2.45) is 0 Å². The summed E-state index contributed by atoms with van der Waals surface area (Å²) in [6, 6.07) is 0. The second kappa shape index (κ2) is 4.90. The number of oxazole rings is 1. The normalized spacial score (nSPS) is 16.5. The highest BCUT2D eigenvalue weighted by molar-refractivity contribution is 6.29. The molecule has 98 valence electrons. The van der Waals surface area contributed by atoms with Crippen LogP contribution in [0.5, 0.6) is 0 Å².